The van der Waals surface area contributed by atoms with Crippen molar-refractivity contribution in [3.8, 4) is 28.7 Å². The second-order valence-electron chi connectivity index (χ2n) is 7.17. The van der Waals surface area contributed by atoms with E-state index in [9.17, 15) is 14.7 Å². The number of carbonyl (C=O) groups excluding carboxylic acids is 1. The van der Waals surface area contributed by atoms with Gasteiger partial charge in [-0.05, 0) is 34.4 Å². The Morgan fingerprint density at radius 3 is 2.25 bits per heavy atom. The molecular weight excluding hydrogens is 406 g/mol. The molecule has 6 heteroatoms. The first-order valence-corrected chi connectivity index (χ1v) is 10.1. The summed E-state index contributed by atoms with van der Waals surface area (Å²) in [5.74, 6) is 4.71. The summed E-state index contributed by atoms with van der Waals surface area (Å²) in [5.41, 5.74) is 5.09. The fourth-order valence-electron chi connectivity index (χ4n) is 3.93. The van der Waals surface area contributed by atoms with Gasteiger partial charge in [-0.25, -0.2) is 9.59 Å². The first kappa shape index (κ1) is 21.0. The number of carbonyl (C=O) groups is 2. The molecule has 0 saturated carbocycles. The Morgan fingerprint density at radius 2 is 1.62 bits per heavy atom. The van der Waals surface area contributed by atoms with Gasteiger partial charge in [0, 0.05) is 5.92 Å². The molecule has 0 atom stereocenters. The van der Waals surface area contributed by atoms with Gasteiger partial charge in [-0.3, -0.25) is 0 Å². The summed E-state index contributed by atoms with van der Waals surface area (Å²) in [6, 6.07) is 21.0. The number of nitrogens with one attached hydrogen (secondary N) is 1. The zero-order chi connectivity index (χ0) is 22.5. The monoisotopic (exact) mass is 427 g/mol. The molecule has 0 heterocycles. The Bertz CT molecular complexity index is 1190. The van der Waals surface area contributed by atoms with Crippen LogP contribution in [0.15, 0.2) is 66.7 Å². The number of carboxylic acids is 1. The zero-order valence-corrected chi connectivity index (χ0v) is 17.4. The summed E-state index contributed by atoms with van der Waals surface area (Å²) < 4.78 is 10.6. The Labute approximate surface area is 185 Å². The minimum atomic E-state index is -1.10. The molecule has 6 nitrogen and oxygen atoms in total. The molecule has 1 aliphatic carbocycles. The van der Waals surface area contributed by atoms with Gasteiger partial charge in [0.2, 0.25) is 0 Å². The van der Waals surface area contributed by atoms with Crippen LogP contribution in [0.2, 0.25) is 0 Å². The summed E-state index contributed by atoms with van der Waals surface area (Å²) in [6.45, 7) is 0.277. The molecule has 0 bridgehead atoms. The molecule has 2 N–H and O–H groups in total. The number of ether oxygens (including phenoxy) is 2. The highest BCUT2D eigenvalue weighted by Gasteiger charge is 2.28. The van der Waals surface area contributed by atoms with E-state index in [4.69, 9.17) is 9.47 Å². The van der Waals surface area contributed by atoms with Crippen molar-refractivity contribution in [1.29, 1.82) is 0 Å². The summed E-state index contributed by atoms with van der Waals surface area (Å²) in [5, 5.41) is 11.8. The minimum Gasteiger partial charge on any atom is -0.495 e. The van der Waals surface area contributed by atoms with E-state index in [-0.39, 0.29) is 30.4 Å². The molecule has 1 amide bonds. The SMILES string of the molecule is COc1c(C#CCNC(=O)OCC2c3ccccc3-c3ccccc32)cccc1C(=O)O. The van der Waals surface area contributed by atoms with Crippen LogP contribution in [-0.4, -0.2) is 37.4 Å². The van der Waals surface area contributed by atoms with Gasteiger partial charge in [0.1, 0.15) is 17.9 Å². The molecule has 0 fully saturated rings. The third-order valence-corrected chi connectivity index (χ3v) is 5.34. The summed E-state index contributed by atoms with van der Waals surface area (Å²) in [6.07, 6.45) is -0.563. The second-order valence-corrected chi connectivity index (χ2v) is 7.17. The van der Waals surface area contributed by atoms with Crippen molar-refractivity contribution in [3.05, 3.63) is 89.0 Å². The van der Waals surface area contributed by atoms with E-state index >= 15 is 0 Å². The van der Waals surface area contributed by atoms with Gasteiger partial charge >= 0.3 is 12.1 Å². The molecule has 4 rings (SSSR count). The van der Waals surface area contributed by atoms with Crippen molar-refractivity contribution in [3.63, 3.8) is 0 Å². The fraction of sp³-hybridized carbons (Fsp3) is 0.154. The number of alkyl carbamates (subject to hydrolysis) is 1. The van der Waals surface area contributed by atoms with Gasteiger partial charge in [-0.15, -0.1) is 0 Å². The lowest BCUT2D eigenvalue weighted by Gasteiger charge is -2.14. The van der Waals surface area contributed by atoms with Gasteiger partial charge < -0.3 is 19.9 Å². The average molecular weight is 427 g/mol. The topological polar surface area (TPSA) is 84.9 Å². The molecule has 3 aromatic rings. The lowest BCUT2D eigenvalue weighted by Crippen LogP contribution is -2.26. The number of fused-ring (bicyclic) bond motifs is 3. The summed E-state index contributed by atoms with van der Waals surface area (Å²) >= 11 is 0. The number of hydrogen-bond acceptors (Lipinski definition) is 4. The molecule has 0 aliphatic heterocycles. The molecule has 0 unspecified atom stereocenters. The highest BCUT2D eigenvalue weighted by Crippen LogP contribution is 2.44. The van der Waals surface area contributed by atoms with Crippen LogP contribution >= 0.6 is 0 Å². The van der Waals surface area contributed by atoms with E-state index in [0.29, 0.717) is 5.56 Å². The maximum absolute atomic E-state index is 12.2. The van der Waals surface area contributed by atoms with E-state index in [2.05, 4.69) is 41.4 Å². The summed E-state index contributed by atoms with van der Waals surface area (Å²) in [4.78, 5) is 23.5. The first-order valence-electron chi connectivity index (χ1n) is 10.1. The maximum atomic E-state index is 12.2. The highest BCUT2D eigenvalue weighted by molar-refractivity contribution is 5.92. The number of hydrogen-bond donors (Lipinski definition) is 2. The van der Waals surface area contributed by atoms with Crippen molar-refractivity contribution in [1.82, 2.24) is 5.32 Å². The van der Waals surface area contributed by atoms with E-state index in [1.807, 2.05) is 24.3 Å². The maximum Gasteiger partial charge on any atom is 0.407 e. The summed E-state index contributed by atoms with van der Waals surface area (Å²) in [7, 11) is 1.39. The number of para-hydroxylation sites is 1. The van der Waals surface area contributed by atoms with Crippen LogP contribution in [0.5, 0.6) is 5.75 Å². The van der Waals surface area contributed by atoms with Crippen LogP contribution in [-0.2, 0) is 4.74 Å². The molecule has 0 spiro atoms. The van der Waals surface area contributed by atoms with Crippen molar-refractivity contribution < 1.29 is 24.2 Å². The number of amides is 1. The van der Waals surface area contributed by atoms with E-state index in [0.717, 1.165) is 11.1 Å². The highest BCUT2D eigenvalue weighted by atomic mass is 16.5. The van der Waals surface area contributed by atoms with Gasteiger partial charge in [-0.2, -0.15) is 0 Å². The molecule has 3 aromatic carbocycles. The minimum absolute atomic E-state index is 0.0118. The van der Waals surface area contributed by atoms with Crippen molar-refractivity contribution >= 4 is 12.1 Å². The molecule has 1 aliphatic rings. The van der Waals surface area contributed by atoms with Crippen molar-refractivity contribution in [2.24, 2.45) is 0 Å². The number of methoxy groups -OCH3 is 1. The molecule has 32 heavy (non-hydrogen) atoms. The van der Waals surface area contributed by atoms with E-state index in [1.54, 1.807) is 12.1 Å². The van der Waals surface area contributed by atoms with Crippen LogP contribution in [0.25, 0.3) is 11.1 Å². The molecular formula is C26H21NO5. The third kappa shape index (κ3) is 4.14. The molecule has 160 valence electrons. The van der Waals surface area contributed by atoms with E-state index in [1.165, 1.54) is 24.3 Å². The smallest absolute Gasteiger partial charge is 0.407 e. The molecule has 0 aromatic heterocycles. The number of aromatic carboxylic acids is 1. The van der Waals surface area contributed by atoms with Gasteiger partial charge in [0.15, 0.2) is 0 Å². The fourth-order valence-corrected chi connectivity index (χ4v) is 3.93. The Balaban J connectivity index is 1.37. The Morgan fingerprint density at radius 1 is 0.969 bits per heavy atom. The first-order chi connectivity index (χ1) is 15.6. The Hall–Kier alpha value is -4.24. The van der Waals surface area contributed by atoms with Gasteiger partial charge in [0.25, 0.3) is 0 Å². The quantitative estimate of drug-likeness (QED) is 0.594. The second kappa shape index (κ2) is 9.27. The number of carboxylic acid groups (broad SMARTS) is 1. The standard InChI is InChI=1S/C26H21NO5/c1-31-24-17(8-6-14-22(24)25(28)29)9-7-15-27-26(30)32-16-23-20-12-4-2-10-18(20)19-11-3-5-13-21(19)23/h2-6,8,10-14,23H,15-16H2,1H3,(H,27,30)(H,28,29). The predicted octanol–water partition coefficient (Wildman–Crippen LogP) is 4.28. The normalized spacial score (nSPS) is 11.5. The van der Waals surface area contributed by atoms with Crippen molar-refractivity contribution in [2.45, 2.75) is 5.92 Å². The number of rotatable bonds is 5. The van der Waals surface area contributed by atoms with E-state index < -0.39 is 12.1 Å². The van der Waals surface area contributed by atoms with Crippen LogP contribution in [0.4, 0.5) is 4.79 Å². The van der Waals surface area contributed by atoms with Crippen LogP contribution in [0.3, 0.4) is 0 Å². The van der Waals surface area contributed by atoms with Gasteiger partial charge in [0.05, 0.1) is 19.2 Å². The van der Waals surface area contributed by atoms with Crippen LogP contribution in [0, 0.1) is 11.8 Å². The molecule has 0 radical (unpaired) electrons. The lowest BCUT2D eigenvalue weighted by molar-refractivity contribution is 0.0693. The predicted molar refractivity (Wildman–Crippen MR) is 120 cm³/mol. The molecule has 0 saturated heterocycles. The largest absolute Gasteiger partial charge is 0.495 e. The Kier molecular flexibility index (Phi) is 6.09. The van der Waals surface area contributed by atoms with Crippen LogP contribution < -0.4 is 10.1 Å². The third-order valence-electron chi connectivity index (χ3n) is 5.34. The van der Waals surface area contributed by atoms with Crippen molar-refractivity contribution in [2.75, 3.05) is 20.3 Å². The average Bonchev–Trinajstić information content (AvgIpc) is 3.14. The van der Waals surface area contributed by atoms with Gasteiger partial charge in [-0.1, -0.05) is 66.4 Å². The van der Waals surface area contributed by atoms with Crippen LogP contribution in [0.1, 0.15) is 33.0 Å². The zero-order valence-electron chi connectivity index (χ0n) is 17.4. The lowest BCUT2D eigenvalue weighted by atomic mass is 9.98. The number of benzene rings is 3.